The summed E-state index contributed by atoms with van der Waals surface area (Å²) in [4.78, 5) is 23.9. The van der Waals surface area contributed by atoms with Crippen LogP contribution in [-0.2, 0) is 0 Å². The average Bonchev–Trinajstić information content (AvgIpc) is 2.84. The number of benzene rings is 1. The van der Waals surface area contributed by atoms with Crippen molar-refractivity contribution in [3.8, 4) is 11.8 Å². The van der Waals surface area contributed by atoms with Gasteiger partial charge in [0.05, 0.1) is 29.1 Å². The van der Waals surface area contributed by atoms with Crippen LogP contribution in [0.1, 0.15) is 54.6 Å². The highest BCUT2D eigenvalue weighted by atomic mass is 35.5. The lowest BCUT2D eigenvalue weighted by Crippen LogP contribution is -2.58. The van der Waals surface area contributed by atoms with Crippen LogP contribution in [0.4, 0.5) is 5.82 Å². The molecule has 0 unspecified atom stereocenters. The summed E-state index contributed by atoms with van der Waals surface area (Å²) < 4.78 is 6.03. The van der Waals surface area contributed by atoms with E-state index >= 15 is 0 Å². The maximum Gasteiger partial charge on any atom is 0.271 e. The molecule has 1 aliphatic carbocycles. The third kappa shape index (κ3) is 4.96. The van der Waals surface area contributed by atoms with Crippen LogP contribution >= 0.6 is 11.6 Å². The number of nitrogens with zero attached hydrogens (tertiary/aromatic N) is 4. The molecular formula is C25H29ClN6O2. The lowest BCUT2D eigenvalue weighted by Gasteiger charge is -2.48. The Morgan fingerprint density at radius 1 is 1.18 bits per heavy atom. The van der Waals surface area contributed by atoms with Gasteiger partial charge in [0.2, 0.25) is 0 Å². The van der Waals surface area contributed by atoms with E-state index in [0.717, 1.165) is 57.7 Å². The molecule has 2 aliphatic heterocycles. The maximum absolute atomic E-state index is 12.7. The predicted molar refractivity (Wildman–Crippen MR) is 129 cm³/mol. The number of halogens is 1. The van der Waals surface area contributed by atoms with Crippen molar-refractivity contribution in [3.63, 3.8) is 0 Å². The van der Waals surface area contributed by atoms with E-state index in [1.165, 1.54) is 12.8 Å². The van der Waals surface area contributed by atoms with Crippen molar-refractivity contribution < 1.29 is 9.53 Å². The van der Waals surface area contributed by atoms with Crippen molar-refractivity contribution in [2.24, 2.45) is 5.41 Å². The number of hydrogen-bond donors (Lipinski definition) is 2. The number of hydrogen-bond acceptors (Lipinski definition) is 7. The summed E-state index contributed by atoms with van der Waals surface area (Å²) in [5.74, 6) is 1.33. The lowest BCUT2D eigenvalue weighted by atomic mass is 9.73. The molecule has 5 rings (SSSR count). The molecule has 0 bridgehead atoms. The number of ether oxygens (including phenoxy) is 1. The molecule has 8 nitrogen and oxygen atoms in total. The predicted octanol–water partition coefficient (Wildman–Crippen LogP) is 3.31. The summed E-state index contributed by atoms with van der Waals surface area (Å²) >= 11 is 6.09. The topological polar surface area (TPSA) is 103 Å². The minimum absolute atomic E-state index is 0.0654. The smallest absolute Gasteiger partial charge is 0.271 e. The molecule has 2 N–H and O–H groups in total. The fourth-order valence-corrected chi connectivity index (χ4v) is 5.29. The molecule has 9 heteroatoms. The Morgan fingerprint density at radius 2 is 1.94 bits per heavy atom. The lowest BCUT2D eigenvalue weighted by molar-refractivity contribution is 0.0888. The van der Waals surface area contributed by atoms with Crippen molar-refractivity contribution in [3.05, 3.63) is 46.9 Å². The van der Waals surface area contributed by atoms with Gasteiger partial charge in [-0.3, -0.25) is 4.79 Å². The second-order valence-corrected chi connectivity index (χ2v) is 10.1. The summed E-state index contributed by atoms with van der Waals surface area (Å²) in [7, 11) is 0. The molecule has 3 heterocycles. The highest BCUT2D eigenvalue weighted by Gasteiger charge is 2.39. The average molecular weight is 481 g/mol. The van der Waals surface area contributed by atoms with Crippen LogP contribution in [-0.4, -0.2) is 54.2 Å². The van der Waals surface area contributed by atoms with Crippen LogP contribution in [0.15, 0.2) is 30.6 Å². The van der Waals surface area contributed by atoms with Crippen molar-refractivity contribution in [1.29, 1.82) is 5.26 Å². The van der Waals surface area contributed by atoms with Crippen LogP contribution < -0.4 is 20.3 Å². The van der Waals surface area contributed by atoms with Gasteiger partial charge in [0.1, 0.15) is 23.3 Å². The fraction of sp³-hybridized carbons (Fsp3) is 0.520. The first-order valence-corrected chi connectivity index (χ1v) is 12.4. The number of anilines is 1. The van der Waals surface area contributed by atoms with E-state index in [-0.39, 0.29) is 18.1 Å². The molecule has 178 valence electrons. The first-order valence-electron chi connectivity index (χ1n) is 12.0. The van der Waals surface area contributed by atoms with Gasteiger partial charge in [-0.1, -0.05) is 11.6 Å². The standard InChI is InChI=1S/C25H29ClN6O2/c26-21-11-20(4-1-17(21)12-27)34-19-5-2-18(3-6-19)31-24(33)22-13-30-23(14-29-22)32-9-7-25(8-10-32)15-28-16-25/h1,4,11,13-14,18-19,28H,2-3,5-10,15-16H2,(H,31,33)/t18-,19-. The molecule has 1 spiro atoms. The third-order valence-corrected chi connectivity index (χ3v) is 7.70. The van der Waals surface area contributed by atoms with Gasteiger partial charge in [0, 0.05) is 38.3 Å². The highest BCUT2D eigenvalue weighted by molar-refractivity contribution is 6.31. The fourth-order valence-electron chi connectivity index (χ4n) is 5.08. The molecule has 0 radical (unpaired) electrons. The van der Waals surface area contributed by atoms with Crippen LogP contribution in [0.25, 0.3) is 0 Å². The van der Waals surface area contributed by atoms with Gasteiger partial charge in [-0.25, -0.2) is 9.97 Å². The number of aromatic nitrogens is 2. The largest absolute Gasteiger partial charge is 0.490 e. The molecule has 1 amide bonds. The number of nitrogens with one attached hydrogen (secondary N) is 2. The molecule has 3 fully saturated rings. The second-order valence-electron chi connectivity index (χ2n) is 9.67. The van der Waals surface area contributed by atoms with Gasteiger partial charge in [-0.15, -0.1) is 0 Å². The van der Waals surface area contributed by atoms with Crippen LogP contribution in [0.3, 0.4) is 0 Å². The van der Waals surface area contributed by atoms with E-state index in [4.69, 9.17) is 21.6 Å². The molecule has 1 aromatic heterocycles. The zero-order valence-electron chi connectivity index (χ0n) is 19.1. The Morgan fingerprint density at radius 3 is 2.53 bits per heavy atom. The van der Waals surface area contributed by atoms with Crippen LogP contribution in [0.5, 0.6) is 5.75 Å². The van der Waals surface area contributed by atoms with E-state index in [2.05, 4.69) is 25.5 Å². The van der Waals surface area contributed by atoms with Gasteiger partial charge in [0.25, 0.3) is 5.91 Å². The van der Waals surface area contributed by atoms with E-state index in [1.54, 1.807) is 30.6 Å². The first-order chi connectivity index (χ1) is 16.5. The third-order valence-electron chi connectivity index (χ3n) is 7.39. The van der Waals surface area contributed by atoms with Crippen molar-refractivity contribution >= 4 is 23.3 Å². The number of amides is 1. The van der Waals surface area contributed by atoms with E-state index in [9.17, 15) is 4.79 Å². The van der Waals surface area contributed by atoms with E-state index in [0.29, 0.717) is 27.4 Å². The van der Waals surface area contributed by atoms with Gasteiger partial charge in [-0.05, 0) is 56.1 Å². The van der Waals surface area contributed by atoms with E-state index in [1.807, 2.05) is 6.07 Å². The zero-order chi connectivity index (χ0) is 23.5. The second kappa shape index (κ2) is 9.77. The number of carbonyl (C=O) groups is 1. The minimum atomic E-state index is -0.180. The number of carbonyl (C=O) groups excluding carboxylic acids is 1. The summed E-state index contributed by atoms with van der Waals surface area (Å²) in [5, 5.41) is 15.9. The summed E-state index contributed by atoms with van der Waals surface area (Å²) in [6, 6.07) is 7.26. The Bertz CT molecular complexity index is 1060. The monoisotopic (exact) mass is 480 g/mol. The highest BCUT2D eigenvalue weighted by Crippen LogP contribution is 2.36. The Balaban J connectivity index is 1.08. The SMILES string of the molecule is N#Cc1ccc(O[C@H]2CC[C@H](NC(=O)c3cnc(N4CCC5(CC4)CNC5)cn3)CC2)cc1Cl. The maximum atomic E-state index is 12.7. The van der Waals surface area contributed by atoms with Gasteiger partial charge in [-0.2, -0.15) is 5.26 Å². The molecule has 3 aliphatic rings. The normalized spacial score (nSPS) is 23.6. The van der Waals surface area contributed by atoms with Gasteiger partial charge in [0.15, 0.2) is 0 Å². The minimum Gasteiger partial charge on any atom is -0.490 e. The molecule has 0 atom stereocenters. The van der Waals surface area contributed by atoms with Crippen molar-refractivity contribution in [2.45, 2.75) is 50.7 Å². The zero-order valence-corrected chi connectivity index (χ0v) is 19.9. The first kappa shape index (κ1) is 22.9. The summed E-state index contributed by atoms with van der Waals surface area (Å²) in [6.45, 7) is 4.23. The number of rotatable bonds is 5. The number of piperidine rings is 1. The Kier molecular flexibility index (Phi) is 6.57. The molecule has 34 heavy (non-hydrogen) atoms. The van der Waals surface area contributed by atoms with Crippen molar-refractivity contribution in [1.82, 2.24) is 20.6 Å². The molecule has 2 aromatic rings. The summed E-state index contributed by atoms with van der Waals surface area (Å²) in [5.41, 5.74) is 1.28. The summed E-state index contributed by atoms with van der Waals surface area (Å²) in [6.07, 6.45) is 9.05. The van der Waals surface area contributed by atoms with Crippen molar-refractivity contribution in [2.75, 3.05) is 31.1 Å². The molecular weight excluding hydrogens is 452 g/mol. The van der Waals surface area contributed by atoms with E-state index < -0.39 is 0 Å². The Hall–Kier alpha value is -2.89. The molecule has 1 aromatic carbocycles. The quantitative estimate of drug-likeness (QED) is 0.676. The Labute approximate surface area is 204 Å². The van der Waals surface area contributed by atoms with Crippen LogP contribution in [0.2, 0.25) is 5.02 Å². The van der Waals surface area contributed by atoms with Gasteiger partial charge >= 0.3 is 0 Å². The van der Waals surface area contributed by atoms with Gasteiger partial charge < -0.3 is 20.3 Å². The molecule has 1 saturated carbocycles. The molecule has 2 saturated heterocycles. The van der Waals surface area contributed by atoms with Crippen LogP contribution in [0, 0.1) is 16.7 Å². The number of nitriles is 1.